The fraction of sp³-hybridized carbons (Fsp3) is 0.533. The van der Waals surface area contributed by atoms with Gasteiger partial charge in [0.2, 0.25) is 5.91 Å². The van der Waals surface area contributed by atoms with Gasteiger partial charge in [0.15, 0.2) is 0 Å². The molecule has 0 aliphatic rings. The molecule has 0 bridgehead atoms. The number of carbonyl (C=O) groups is 1. The summed E-state index contributed by atoms with van der Waals surface area (Å²) in [6.45, 7) is 5.64. The largest absolute Gasteiger partial charge is 0.360 e. The minimum Gasteiger partial charge on any atom is -0.360 e. The number of nitrogens with one attached hydrogen (secondary N) is 1. The highest BCUT2D eigenvalue weighted by Gasteiger charge is 2.21. The molecule has 20 heavy (non-hydrogen) atoms. The highest BCUT2D eigenvalue weighted by molar-refractivity contribution is 5.84. The number of halogens is 1. The molecule has 1 unspecified atom stereocenters. The van der Waals surface area contributed by atoms with Gasteiger partial charge in [-0.1, -0.05) is 13.0 Å². The Balaban J connectivity index is 2.85. The van der Waals surface area contributed by atoms with Crippen LogP contribution in [0.15, 0.2) is 24.3 Å². The van der Waals surface area contributed by atoms with E-state index in [2.05, 4.69) is 5.32 Å². The van der Waals surface area contributed by atoms with Crippen LogP contribution in [0.25, 0.3) is 0 Å². The second-order valence-electron chi connectivity index (χ2n) is 4.78. The quantitative estimate of drug-likeness (QED) is 0.765. The van der Waals surface area contributed by atoms with Crippen molar-refractivity contribution >= 4 is 11.6 Å². The van der Waals surface area contributed by atoms with Crippen molar-refractivity contribution < 1.29 is 9.18 Å². The highest BCUT2D eigenvalue weighted by atomic mass is 19.1. The van der Waals surface area contributed by atoms with Crippen LogP contribution < -0.4 is 16.0 Å². The van der Waals surface area contributed by atoms with E-state index in [0.717, 1.165) is 12.8 Å². The van der Waals surface area contributed by atoms with Gasteiger partial charge in [-0.3, -0.25) is 4.79 Å². The van der Waals surface area contributed by atoms with Crippen LogP contribution in [0.3, 0.4) is 0 Å². The van der Waals surface area contributed by atoms with Crippen LogP contribution in [0.4, 0.5) is 10.1 Å². The molecule has 0 saturated heterocycles. The molecule has 3 N–H and O–H groups in total. The first-order valence-electron chi connectivity index (χ1n) is 7.10. The van der Waals surface area contributed by atoms with Crippen molar-refractivity contribution in [3.05, 3.63) is 30.1 Å². The van der Waals surface area contributed by atoms with Gasteiger partial charge in [0.25, 0.3) is 0 Å². The zero-order chi connectivity index (χ0) is 15.0. The number of nitrogens with zero attached hydrogens (tertiary/aromatic N) is 1. The monoisotopic (exact) mass is 281 g/mol. The summed E-state index contributed by atoms with van der Waals surface area (Å²) in [7, 11) is 0. The SMILES string of the molecule is CCCNC(=O)C(C)N(CCCN)c1cccc(F)c1. The molecule has 4 nitrogen and oxygen atoms in total. The van der Waals surface area contributed by atoms with Gasteiger partial charge in [-0.15, -0.1) is 0 Å². The zero-order valence-electron chi connectivity index (χ0n) is 12.2. The standard InChI is InChI=1S/C15H24FN3O/c1-3-9-18-15(20)12(2)19(10-5-8-17)14-7-4-6-13(16)11-14/h4,6-7,11-12H,3,5,8-10,17H2,1-2H3,(H,18,20). The molecule has 0 heterocycles. The molecule has 0 radical (unpaired) electrons. The maximum Gasteiger partial charge on any atom is 0.242 e. The number of hydrogen-bond donors (Lipinski definition) is 2. The average Bonchev–Trinajstić information content (AvgIpc) is 2.45. The summed E-state index contributed by atoms with van der Waals surface area (Å²) in [5.41, 5.74) is 6.25. The average molecular weight is 281 g/mol. The third-order valence-corrected chi connectivity index (χ3v) is 3.14. The van der Waals surface area contributed by atoms with E-state index in [1.165, 1.54) is 12.1 Å². The van der Waals surface area contributed by atoms with Crippen molar-refractivity contribution in [2.75, 3.05) is 24.5 Å². The fourth-order valence-electron chi connectivity index (χ4n) is 2.00. The molecule has 1 atom stereocenters. The molecule has 1 aromatic rings. The number of rotatable bonds is 8. The van der Waals surface area contributed by atoms with Crippen LogP contribution in [-0.2, 0) is 4.79 Å². The predicted octanol–water partition coefficient (Wildman–Crippen LogP) is 1.90. The second-order valence-corrected chi connectivity index (χ2v) is 4.78. The lowest BCUT2D eigenvalue weighted by Crippen LogP contribution is -2.46. The topological polar surface area (TPSA) is 58.4 Å². The number of carbonyl (C=O) groups excluding carboxylic acids is 1. The molecule has 112 valence electrons. The molecular formula is C15H24FN3O. The lowest BCUT2D eigenvalue weighted by molar-refractivity contribution is -0.122. The summed E-state index contributed by atoms with van der Waals surface area (Å²) in [5, 5.41) is 2.87. The Labute approximate surface area is 120 Å². The number of benzene rings is 1. The Kier molecular flexibility index (Phi) is 7.01. The molecule has 0 spiro atoms. The van der Waals surface area contributed by atoms with E-state index < -0.39 is 0 Å². The summed E-state index contributed by atoms with van der Waals surface area (Å²) >= 11 is 0. The van der Waals surface area contributed by atoms with Crippen molar-refractivity contribution in [3.63, 3.8) is 0 Å². The third kappa shape index (κ3) is 4.81. The number of hydrogen-bond acceptors (Lipinski definition) is 3. The maximum absolute atomic E-state index is 13.4. The van der Waals surface area contributed by atoms with Crippen molar-refractivity contribution in [3.8, 4) is 0 Å². The number of anilines is 1. The molecule has 0 aromatic heterocycles. The van der Waals surface area contributed by atoms with E-state index in [9.17, 15) is 9.18 Å². The fourth-order valence-corrected chi connectivity index (χ4v) is 2.00. The Morgan fingerprint density at radius 3 is 2.85 bits per heavy atom. The van der Waals surface area contributed by atoms with Gasteiger partial charge in [-0.2, -0.15) is 0 Å². The van der Waals surface area contributed by atoms with Crippen LogP contribution in [0.1, 0.15) is 26.7 Å². The minimum absolute atomic E-state index is 0.0480. The summed E-state index contributed by atoms with van der Waals surface area (Å²) in [6, 6.07) is 5.95. The zero-order valence-corrected chi connectivity index (χ0v) is 12.2. The highest BCUT2D eigenvalue weighted by Crippen LogP contribution is 2.18. The number of amides is 1. The molecule has 1 rings (SSSR count). The Bertz CT molecular complexity index is 425. The molecule has 0 aliphatic heterocycles. The first-order chi connectivity index (χ1) is 9.60. The Morgan fingerprint density at radius 2 is 2.25 bits per heavy atom. The molecule has 0 aliphatic carbocycles. The normalized spacial score (nSPS) is 12.0. The van der Waals surface area contributed by atoms with E-state index in [0.29, 0.717) is 25.3 Å². The lowest BCUT2D eigenvalue weighted by Gasteiger charge is -2.30. The maximum atomic E-state index is 13.4. The van der Waals surface area contributed by atoms with Crippen molar-refractivity contribution in [1.82, 2.24) is 5.32 Å². The number of nitrogens with two attached hydrogens (primary N) is 1. The van der Waals surface area contributed by atoms with Gasteiger partial charge in [0.1, 0.15) is 11.9 Å². The molecule has 5 heteroatoms. The van der Waals surface area contributed by atoms with Gasteiger partial charge in [0.05, 0.1) is 0 Å². The minimum atomic E-state index is -0.352. The lowest BCUT2D eigenvalue weighted by atomic mass is 10.2. The van der Waals surface area contributed by atoms with Crippen LogP contribution in [-0.4, -0.2) is 31.6 Å². The third-order valence-electron chi connectivity index (χ3n) is 3.14. The van der Waals surface area contributed by atoms with Gasteiger partial charge < -0.3 is 16.0 Å². The summed E-state index contributed by atoms with van der Waals surface area (Å²) in [6.07, 6.45) is 1.64. The molecule has 0 fully saturated rings. The molecule has 1 amide bonds. The predicted molar refractivity (Wildman–Crippen MR) is 80.2 cm³/mol. The first kappa shape index (κ1) is 16.4. The van der Waals surface area contributed by atoms with E-state index in [1.54, 1.807) is 6.07 Å². The van der Waals surface area contributed by atoms with E-state index in [-0.39, 0.29) is 17.8 Å². The van der Waals surface area contributed by atoms with Crippen molar-refractivity contribution in [1.29, 1.82) is 0 Å². The Hall–Kier alpha value is -1.62. The summed E-state index contributed by atoms with van der Waals surface area (Å²) in [5.74, 6) is -0.352. The first-order valence-corrected chi connectivity index (χ1v) is 7.10. The van der Waals surface area contributed by atoms with E-state index in [1.807, 2.05) is 24.8 Å². The smallest absolute Gasteiger partial charge is 0.242 e. The van der Waals surface area contributed by atoms with E-state index in [4.69, 9.17) is 5.73 Å². The van der Waals surface area contributed by atoms with Crippen molar-refractivity contribution in [2.24, 2.45) is 5.73 Å². The second kappa shape index (κ2) is 8.53. The van der Waals surface area contributed by atoms with Crippen LogP contribution in [0.5, 0.6) is 0 Å². The van der Waals surface area contributed by atoms with E-state index >= 15 is 0 Å². The summed E-state index contributed by atoms with van der Waals surface area (Å²) in [4.78, 5) is 14.0. The van der Waals surface area contributed by atoms with Crippen molar-refractivity contribution in [2.45, 2.75) is 32.7 Å². The van der Waals surface area contributed by atoms with Crippen LogP contribution >= 0.6 is 0 Å². The van der Waals surface area contributed by atoms with Crippen LogP contribution in [0.2, 0.25) is 0 Å². The van der Waals surface area contributed by atoms with Crippen LogP contribution in [0, 0.1) is 5.82 Å². The van der Waals surface area contributed by atoms with Gasteiger partial charge in [0, 0.05) is 18.8 Å². The molecular weight excluding hydrogens is 257 g/mol. The summed E-state index contributed by atoms with van der Waals surface area (Å²) < 4.78 is 13.4. The molecule has 1 aromatic carbocycles. The Morgan fingerprint density at radius 1 is 1.50 bits per heavy atom. The van der Waals surface area contributed by atoms with Gasteiger partial charge in [-0.25, -0.2) is 4.39 Å². The molecule has 0 saturated carbocycles. The van der Waals surface area contributed by atoms with Gasteiger partial charge >= 0.3 is 0 Å². The van der Waals surface area contributed by atoms with Gasteiger partial charge in [-0.05, 0) is 44.5 Å².